The average molecular weight is 192 g/mol. The lowest BCUT2D eigenvalue weighted by Crippen LogP contribution is -2.17. The molecule has 0 N–H and O–H groups in total. The molecule has 1 aliphatic rings. The van der Waals surface area contributed by atoms with Crippen LogP contribution in [0, 0.1) is 5.41 Å². The van der Waals surface area contributed by atoms with Gasteiger partial charge in [-0.05, 0) is 19.8 Å². The number of hydrogen-bond acceptors (Lipinski definition) is 0. The average Bonchev–Trinajstić information content (AvgIpc) is 2.55. The summed E-state index contributed by atoms with van der Waals surface area (Å²) in [6.07, 6.45) is 15.0. The van der Waals surface area contributed by atoms with Crippen LogP contribution in [-0.4, -0.2) is 0 Å². The predicted molar refractivity (Wildman–Crippen MR) is 64.4 cm³/mol. The van der Waals surface area contributed by atoms with Gasteiger partial charge in [-0.25, -0.2) is 0 Å². The Morgan fingerprint density at radius 2 is 1.64 bits per heavy atom. The summed E-state index contributed by atoms with van der Waals surface area (Å²) in [4.78, 5) is 0. The number of rotatable bonds is 6. The summed E-state index contributed by atoms with van der Waals surface area (Å²) in [5, 5.41) is 0. The molecule has 0 saturated carbocycles. The highest BCUT2D eigenvalue weighted by Crippen LogP contribution is 2.42. The van der Waals surface area contributed by atoms with Crippen LogP contribution >= 0.6 is 0 Å². The topological polar surface area (TPSA) is 0 Å². The first-order valence-electron chi connectivity index (χ1n) is 6.12. The van der Waals surface area contributed by atoms with E-state index in [4.69, 9.17) is 0 Å². The van der Waals surface area contributed by atoms with Gasteiger partial charge in [0.25, 0.3) is 0 Å². The summed E-state index contributed by atoms with van der Waals surface area (Å²) in [6.45, 7) is 6.86. The second kappa shape index (κ2) is 5.38. The van der Waals surface area contributed by atoms with Crippen LogP contribution in [0.3, 0.4) is 0 Å². The SMILES string of the molecule is CCCCC1(CCCC)C=CC=C1C. The summed E-state index contributed by atoms with van der Waals surface area (Å²) in [5.41, 5.74) is 2.02. The largest absolute Gasteiger partial charge is 0.0743 e. The molecule has 0 spiro atoms. The molecule has 0 unspecified atom stereocenters. The molecular formula is C14H24. The van der Waals surface area contributed by atoms with Crippen LogP contribution in [0.5, 0.6) is 0 Å². The zero-order chi connectivity index (χ0) is 10.4. The van der Waals surface area contributed by atoms with Gasteiger partial charge in [0.2, 0.25) is 0 Å². The highest BCUT2D eigenvalue weighted by atomic mass is 14.3. The van der Waals surface area contributed by atoms with E-state index in [1.54, 1.807) is 5.57 Å². The van der Waals surface area contributed by atoms with Crippen molar-refractivity contribution in [3.63, 3.8) is 0 Å². The minimum absolute atomic E-state index is 0.437. The lowest BCUT2D eigenvalue weighted by Gasteiger charge is -2.29. The molecule has 0 heterocycles. The smallest absolute Gasteiger partial charge is 0.00941 e. The molecule has 0 atom stereocenters. The fourth-order valence-electron chi connectivity index (χ4n) is 2.34. The Labute approximate surface area is 89.1 Å². The molecular weight excluding hydrogens is 168 g/mol. The summed E-state index contributed by atoms with van der Waals surface area (Å²) in [6, 6.07) is 0. The third kappa shape index (κ3) is 2.50. The Balaban J connectivity index is 2.60. The van der Waals surface area contributed by atoms with Crippen molar-refractivity contribution in [2.75, 3.05) is 0 Å². The van der Waals surface area contributed by atoms with Gasteiger partial charge in [0.1, 0.15) is 0 Å². The van der Waals surface area contributed by atoms with Gasteiger partial charge in [0, 0.05) is 5.41 Å². The van der Waals surface area contributed by atoms with Crippen molar-refractivity contribution >= 4 is 0 Å². The van der Waals surface area contributed by atoms with Crippen LogP contribution < -0.4 is 0 Å². The van der Waals surface area contributed by atoms with Crippen LogP contribution in [0.2, 0.25) is 0 Å². The van der Waals surface area contributed by atoms with E-state index in [1.165, 1.54) is 38.5 Å². The maximum absolute atomic E-state index is 2.44. The monoisotopic (exact) mass is 192 g/mol. The van der Waals surface area contributed by atoms with Gasteiger partial charge in [0.15, 0.2) is 0 Å². The fraction of sp³-hybridized carbons (Fsp3) is 0.714. The highest BCUT2D eigenvalue weighted by Gasteiger charge is 2.29. The molecule has 0 fully saturated rings. The van der Waals surface area contributed by atoms with E-state index in [0.717, 1.165) is 0 Å². The standard InChI is InChI=1S/C14H24/c1-4-6-10-14(11-7-5-2)12-8-9-13(14)3/h8-9,12H,4-7,10-11H2,1-3H3. The van der Waals surface area contributed by atoms with E-state index in [9.17, 15) is 0 Å². The Hall–Kier alpha value is -0.520. The van der Waals surface area contributed by atoms with Gasteiger partial charge in [-0.3, -0.25) is 0 Å². The van der Waals surface area contributed by atoms with E-state index < -0.39 is 0 Å². The Bertz CT molecular complexity index is 212. The van der Waals surface area contributed by atoms with Crippen molar-refractivity contribution in [3.05, 3.63) is 23.8 Å². The molecule has 0 nitrogen and oxygen atoms in total. The van der Waals surface area contributed by atoms with Crippen molar-refractivity contribution in [3.8, 4) is 0 Å². The van der Waals surface area contributed by atoms with E-state index >= 15 is 0 Å². The minimum atomic E-state index is 0.437. The molecule has 0 saturated heterocycles. The van der Waals surface area contributed by atoms with E-state index in [-0.39, 0.29) is 0 Å². The van der Waals surface area contributed by atoms with Crippen LogP contribution in [-0.2, 0) is 0 Å². The normalized spacial score (nSPS) is 18.6. The van der Waals surface area contributed by atoms with Gasteiger partial charge in [0.05, 0.1) is 0 Å². The predicted octanol–water partition coefficient (Wildman–Crippen LogP) is 4.87. The lowest BCUT2D eigenvalue weighted by molar-refractivity contribution is 0.367. The summed E-state index contributed by atoms with van der Waals surface area (Å²) >= 11 is 0. The zero-order valence-electron chi connectivity index (χ0n) is 9.97. The van der Waals surface area contributed by atoms with E-state index in [2.05, 4.69) is 39.0 Å². The van der Waals surface area contributed by atoms with E-state index in [0.29, 0.717) is 5.41 Å². The molecule has 0 aliphatic heterocycles. The van der Waals surface area contributed by atoms with Gasteiger partial charge in [-0.1, -0.05) is 63.3 Å². The molecule has 0 amide bonds. The third-order valence-electron chi connectivity index (χ3n) is 3.50. The Kier molecular flexibility index (Phi) is 4.44. The molecule has 1 rings (SSSR count). The first-order chi connectivity index (χ1) is 6.75. The van der Waals surface area contributed by atoms with Gasteiger partial charge >= 0.3 is 0 Å². The minimum Gasteiger partial charge on any atom is -0.0743 e. The molecule has 0 heteroatoms. The van der Waals surface area contributed by atoms with Crippen LogP contribution in [0.4, 0.5) is 0 Å². The second-order valence-corrected chi connectivity index (χ2v) is 4.57. The second-order valence-electron chi connectivity index (χ2n) is 4.57. The first-order valence-corrected chi connectivity index (χ1v) is 6.12. The molecule has 0 aromatic heterocycles. The Morgan fingerprint density at radius 3 is 2.00 bits per heavy atom. The summed E-state index contributed by atoms with van der Waals surface area (Å²) in [7, 11) is 0. The van der Waals surface area contributed by atoms with Crippen LogP contribution in [0.1, 0.15) is 59.3 Å². The maximum atomic E-state index is 2.44. The van der Waals surface area contributed by atoms with Crippen molar-refractivity contribution in [2.45, 2.75) is 59.3 Å². The number of unbranched alkanes of at least 4 members (excludes halogenated alkanes) is 2. The number of allylic oxidation sites excluding steroid dienone is 4. The molecule has 0 aromatic carbocycles. The van der Waals surface area contributed by atoms with E-state index in [1.807, 2.05) is 0 Å². The van der Waals surface area contributed by atoms with Gasteiger partial charge in [-0.2, -0.15) is 0 Å². The molecule has 1 aliphatic carbocycles. The Morgan fingerprint density at radius 1 is 1.07 bits per heavy atom. The molecule has 0 radical (unpaired) electrons. The zero-order valence-corrected chi connectivity index (χ0v) is 9.97. The molecule has 14 heavy (non-hydrogen) atoms. The highest BCUT2D eigenvalue weighted by molar-refractivity contribution is 5.32. The van der Waals surface area contributed by atoms with Crippen molar-refractivity contribution < 1.29 is 0 Å². The number of hydrogen-bond donors (Lipinski definition) is 0. The molecule has 80 valence electrons. The quantitative estimate of drug-likeness (QED) is 0.563. The van der Waals surface area contributed by atoms with Crippen molar-refractivity contribution in [2.24, 2.45) is 5.41 Å². The maximum Gasteiger partial charge on any atom is 0.00941 e. The van der Waals surface area contributed by atoms with Crippen molar-refractivity contribution in [1.29, 1.82) is 0 Å². The molecule has 0 bridgehead atoms. The third-order valence-corrected chi connectivity index (χ3v) is 3.50. The molecule has 0 aromatic rings. The van der Waals surface area contributed by atoms with Crippen LogP contribution in [0.25, 0.3) is 0 Å². The van der Waals surface area contributed by atoms with Gasteiger partial charge in [-0.15, -0.1) is 0 Å². The summed E-state index contributed by atoms with van der Waals surface area (Å²) in [5.74, 6) is 0. The summed E-state index contributed by atoms with van der Waals surface area (Å²) < 4.78 is 0. The fourth-order valence-corrected chi connectivity index (χ4v) is 2.34. The lowest BCUT2D eigenvalue weighted by atomic mass is 9.75. The first kappa shape index (κ1) is 11.6. The van der Waals surface area contributed by atoms with Gasteiger partial charge < -0.3 is 0 Å². The van der Waals surface area contributed by atoms with Crippen molar-refractivity contribution in [1.82, 2.24) is 0 Å². The van der Waals surface area contributed by atoms with Crippen LogP contribution in [0.15, 0.2) is 23.8 Å².